The average Bonchev–Trinajstić information content (AvgIpc) is 3.48. The number of carbonyl (C=O) groups is 1. The number of benzene rings is 2. The summed E-state index contributed by atoms with van der Waals surface area (Å²) in [5, 5.41) is 0. The SMILES string of the molecule is CCCCCCCCC(=O)C1C(c2ccccc2)N1S(=O)(=O)c1ccc(C)cc1. The first-order valence-corrected chi connectivity index (χ1v) is 12.1. The van der Waals surface area contributed by atoms with E-state index in [1.54, 1.807) is 24.3 Å². The fraction of sp³-hybridized carbons (Fsp3) is 0.458. The highest BCUT2D eigenvalue weighted by molar-refractivity contribution is 7.89. The third kappa shape index (κ3) is 5.14. The Hall–Kier alpha value is -1.98. The molecule has 1 fully saturated rings. The van der Waals surface area contributed by atoms with Gasteiger partial charge in [0.2, 0.25) is 10.0 Å². The Kier molecular flexibility index (Phi) is 7.25. The van der Waals surface area contributed by atoms with Gasteiger partial charge in [0.25, 0.3) is 0 Å². The Balaban J connectivity index is 1.73. The van der Waals surface area contributed by atoms with Gasteiger partial charge in [0.15, 0.2) is 5.78 Å². The van der Waals surface area contributed by atoms with Crippen LogP contribution in [0.15, 0.2) is 59.5 Å². The molecule has 0 amide bonds. The first-order chi connectivity index (χ1) is 14.0. The second-order valence-corrected chi connectivity index (χ2v) is 9.78. The molecule has 5 heteroatoms. The van der Waals surface area contributed by atoms with E-state index < -0.39 is 22.1 Å². The van der Waals surface area contributed by atoms with Gasteiger partial charge in [0, 0.05) is 6.42 Å². The fourth-order valence-electron chi connectivity index (χ4n) is 3.87. The van der Waals surface area contributed by atoms with E-state index in [2.05, 4.69) is 6.92 Å². The molecule has 0 aromatic heterocycles. The van der Waals surface area contributed by atoms with Gasteiger partial charge < -0.3 is 0 Å². The lowest BCUT2D eigenvalue weighted by atomic mass is 10.0. The number of ketones is 1. The zero-order chi connectivity index (χ0) is 20.9. The number of Topliss-reactive ketones (excluding diaryl/α,β-unsaturated/α-hetero) is 1. The summed E-state index contributed by atoms with van der Waals surface area (Å²) in [6.45, 7) is 4.11. The van der Waals surface area contributed by atoms with Crippen LogP contribution in [0.25, 0.3) is 0 Å². The van der Waals surface area contributed by atoms with Crippen molar-refractivity contribution in [3.8, 4) is 0 Å². The third-order valence-corrected chi connectivity index (χ3v) is 7.48. The maximum absolute atomic E-state index is 13.2. The molecule has 1 saturated heterocycles. The Morgan fingerprint density at radius 1 is 0.897 bits per heavy atom. The predicted molar refractivity (Wildman–Crippen MR) is 116 cm³/mol. The van der Waals surface area contributed by atoms with E-state index in [9.17, 15) is 13.2 Å². The quantitative estimate of drug-likeness (QED) is 0.365. The molecule has 1 aliphatic heterocycles. The minimum atomic E-state index is -3.70. The van der Waals surface area contributed by atoms with Crippen LogP contribution in [0.4, 0.5) is 0 Å². The first-order valence-electron chi connectivity index (χ1n) is 10.6. The van der Waals surface area contributed by atoms with Gasteiger partial charge in [-0.3, -0.25) is 4.79 Å². The minimum Gasteiger partial charge on any atom is -0.298 e. The highest BCUT2D eigenvalue weighted by Gasteiger charge is 2.59. The van der Waals surface area contributed by atoms with Crippen molar-refractivity contribution in [2.45, 2.75) is 75.8 Å². The molecule has 3 atom stereocenters. The van der Waals surface area contributed by atoms with Crippen molar-refractivity contribution in [2.75, 3.05) is 0 Å². The molecule has 0 saturated carbocycles. The van der Waals surface area contributed by atoms with E-state index >= 15 is 0 Å². The van der Waals surface area contributed by atoms with E-state index in [4.69, 9.17) is 0 Å². The Morgan fingerprint density at radius 2 is 1.52 bits per heavy atom. The number of hydrogen-bond acceptors (Lipinski definition) is 3. The molecular formula is C24H31NO3S. The molecule has 0 bridgehead atoms. The van der Waals surface area contributed by atoms with Gasteiger partial charge in [0.1, 0.15) is 6.04 Å². The number of carbonyl (C=O) groups excluding carboxylic acids is 1. The zero-order valence-corrected chi connectivity index (χ0v) is 18.2. The van der Waals surface area contributed by atoms with Crippen LogP contribution in [0, 0.1) is 6.92 Å². The summed E-state index contributed by atoms with van der Waals surface area (Å²) in [6.07, 6.45) is 7.08. The van der Waals surface area contributed by atoms with Crippen LogP contribution in [-0.2, 0) is 14.8 Å². The van der Waals surface area contributed by atoms with Crippen molar-refractivity contribution in [2.24, 2.45) is 0 Å². The summed E-state index contributed by atoms with van der Waals surface area (Å²) in [5.74, 6) is 0.0324. The monoisotopic (exact) mass is 413 g/mol. The Labute approximate surface area is 175 Å². The molecule has 29 heavy (non-hydrogen) atoms. The summed E-state index contributed by atoms with van der Waals surface area (Å²) in [6, 6.07) is 15.3. The van der Waals surface area contributed by atoms with Crippen molar-refractivity contribution in [3.05, 3.63) is 65.7 Å². The van der Waals surface area contributed by atoms with Gasteiger partial charge in [-0.2, -0.15) is 4.31 Å². The van der Waals surface area contributed by atoms with Crippen LogP contribution in [-0.4, -0.2) is 24.5 Å². The molecule has 0 radical (unpaired) electrons. The van der Waals surface area contributed by atoms with Crippen molar-refractivity contribution in [1.82, 2.24) is 4.31 Å². The molecule has 0 spiro atoms. The molecule has 3 unspecified atom stereocenters. The number of unbranched alkanes of at least 4 members (excludes halogenated alkanes) is 5. The van der Waals surface area contributed by atoms with Crippen LogP contribution in [0.2, 0.25) is 0 Å². The number of sulfonamides is 1. The summed E-state index contributed by atoms with van der Waals surface area (Å²) < 4.78 is 27.8. The minimum absolute atomic E-state index is 0.0324. The lowest BCUT2D eigenvalue weighted by Gasteiger charge is -2.07. The van der Waals surface area contributed by atoms with Crippen LogP contribution in [0.3, 0.4) is 0 Å². The molecule has 2 aromatic rings. The van der Waals surface area contributed by atoms with Crippen molar-refractivity contribution < 1.29 is 13.2 Å². The smallest absolute Gasteiger partial charge is 0.244 e. The summed E-state index contributed by atoms with van der Waals surface area (Å²) in [7, 11) is -3.70. The molecule has 1 aliphatic rings. The van der Waals surface area contributed by atoms with Gasteiger partial charge in [-0.15, -0.1) is 0 Å². The lowest BCUT2D eigenvalue weighted by molar-refractivity contribution is -0.119. The number of aryl methyl sites for hydroxylation is 1. The highest BCUT2D eigenvalue weighted by atomic mass is 32.2. The van der Waals surface area contributed by atoms with Gasteiger partial charge in [0.05, 0.1) is 10.9 Å². The van der Waals surface area contributed by atoms with E-state index in [0.29, 0.717) is 6.42 Å². The van der Waals surface area contributed by atoms with E-state index in [0.717, 1.165) is 30.4 Å². The van der Waals surface area contributed by atoms with Crippen LogP contribution < -0.4 is 0 Å². The topological polar surface area (TPSA) is 54.2 Å². The van der Waals surface area contributed by atoms with E-state index in [-0.39, 0.29) is 10.7 Å². The Bertz CT molecular complexity index is 907. The fourth-order valence-corrected chi connectivity index (χ4v) is 5.60. The van der Waals surface area contributed by atoms with Crippen LogP contribution in [0.1, 0.15) is 69.0 Å². The van der Waals surface area contributed by atoms with Crippen molar-refractivity contribution >= 4 is 15.8 Å². The second-order valence-electron chi connectivity index (χ2n) is 7.93. The van der Waals surface area contributed by atoms with Crippen LogP contribution >= 0.6 is 0 Å². The number of nitrogens with zero attached hydrogens (tertiary/aromatic N) is 1. The largest absolute Gasteiger partial charge is 0.298 e. The van der Waals surface area contributed by atoms with Gasteiger partial charge >= 0.3 is 0 Å². The molecule has 156 valence electrons. The summed E-state index contributed by atoms with van der Waals surface area (Å²) in [5.41, 5.74) is 1.88. The molecular weight excluding hydrogens is 382 g/mol. The second kappa shape index (κ2) is 9.68. The number of hydrogen-bond donors (Lipinski definition) is 0. The molecule has 2 aromatic carbocycles. The maximum atomic E-state index is 13.2. The normalized spacial score (nSPS) is 21.1. The average molecular weight is 414 g/mol. The molecule has 4 nitrogen and oxygen atoms in total. The van der Waals surface area contributed by atoms with E-state index in [1.165, 1.54) is 23.6 Å². The molecule has 0 N–H and O–H groups in total. The molecule has 1 heterocycles. The van der Waals surface area contributed by atoms with E-state index in [1.807, 2.05) is 37.3 Å². The summed E-state index contributed by atoms with van der Waals surface area (Å²) in [4.78, 5) is 13.2. The van der Waals surface area contributed by atoms with Gasteiger partial charge in [-0.25, -0.2) is 8.42 Å². The van der Waals surface area contributed by atoms with Gasteiger partial charge in [-0.05, 0) is 31.0 Å². The lowest BCUT2D eigenvalue weighted by Crippen LogP contribution is -2.19. The van der Waals surface area contributed by atoms with Crippen LogP contribution in [0.5, 0.6) is 0 Å². The zero-order valence-electron chi connectivity index (χ0n) is 17.4. The molecule has 0 aliphatic carbocycles. The van der Waals surface area contributed by atoms with Crippen molar-refractivity contribution in [1.29, 1.82) is 0 Å². The molecule has 3 rings (SSSR count). The first kappa shape index (κ1) is 21.7. The Morgan fingerprint density at radius 3 is 2.17 bits per heavy atom. The highest BCUT2D eigenvalue weighted by Crippen LogP contribution is 2.48. The maximum Gasteiger partial charge on any atom is 0.244 e. The standard InChI is InChI=1S/C24H31NO3S/c1-3-4-5-6-7-11-14-22(26)24-23(20-12-9-8-10-13-20)25(24)29(27,28)21-17-15-19(2)16-18-21/h8-10,12-13,15-18,23-24H,3-7,11,14H2,1-2H3. The number of rotatable bonds is 11. The van der Waals surface area contributed by atoms with Crippen molar-refractivity contribution in [3.63, 3.8) is 0 Å². The predicted octanol–water partition coefficient (Wildman–Crippen LogP) is 5.43. The summed E-state index contributed by atoms with van der Waals surface area (Å²) >= 11 is 0. The van der Waals surface area contributed by atoms with Gasteiger partial charge in [-0.1, -0.05) is 87.1 Å². The third-order valence-electron chi connectivity index (χ3n) is 5.60.